The van der Waals surface area contributed by atoms with Gasteiger partial charge in [-0.25, -0.2) is 0 Å². The van der Waals surface area contributed by atoms with Crippen molar-refractivity contribution in [3.8, 4) is 0 Å². The molecule has 0 unspecified atom stereocenters. The molecule has 0 saturated heterocycles. The Morgan fingerprint density at radius 2 is 2.05 bits per heavy atom. The topological polar surface area (TPSA) is 35.6 Å². The number of nitrogens with one attached hydrogen (secondary N) is 1. The fourth-order valence-corrected chi connectivity index (χ4v) is 2.62. The summed E-state index contributed by atoms with van der Waals surface area (Å²) in [5, 5.41) is 3.03. The van der Waals surface area contributed by atoms with Gasteiger partial charge in [-0.15, -0.1) is 0 Å². The first-order chi connectivity index (χ1) is 10.1. The molecule has 0 atom stereocenters. The van der Waals surface area contributed by atoms with Gasteiger partial charge in [0, 0.05) is 31.4 Å². The quantitative estimate of drug-likeness (QED) is 0.795. The van der Waals surface area contributed by atoms with Crippen molar-refractivity contribution in [3.63, 3.8) is 0 Å². The predicted octanol–water partition coefficient (Wildman–Crippen LogP) is 2.03. The molecular formula is C17H27N3O. The number of anilines is 1. The van der Waals surface area contributed by atoms with Crippen LogP contribution in [0.25, 0.3) is 0 Å². The maximum atomic E-state index is 11.9. The number of carbonyl (C=O) groups is 1. The molecule has 2 rings (SSSR count). The van der Waals surface area contributed by atoms with Gasteiger partial charge in [-0.2, -0.15) is 0 Å². The zero-order chi connectivity index (χ0) is 15.2. The summed E-state index contributed by atoms with van der Waals surface area (Å²) < 4.78 is 0. The van der Waals surface area contributed by atoms with Crippen LogP contribution in [0.15, 0.2) is 24.3 Å². The van der Waals surface area contributed by atoms with Gasteiger partial charge < -0.3 is 10.2 Å². The molecule has 0 radical (unpaired) electrons. The highest BCUT2D eigenvalue weighted by atomic mass is 16.2. The zero-order valence-electron chi connectivity index (χ0n) is 13.4. The highest BCUT2D eigenvalue weighted by Gasteiger charge is 2.27. The normalized spacial score (nSPS) is 14.3. The van der Waals surface area contributed by atoms with E-state index in [1.165, 1.54) is 24.1 Å². The summed E-state index contributed by atoms with van der Waals surface area (Å²) in [6.45, 7) is 7.28. The summed E-state index contributed by atoms with van der Waals surface area (Å²) in [7, 11) is 2.03. The molecule has 1 fully saturated rings. The molecule has 116 valence electrons. The first kappa shape index (κ1) is 15.8. The lowest BCUT2D eigenvalue weighted by atomic mass is 10.2. The predicted molar refractivity (Wildman–Crippen MR) is 87.7 cm³/mol. The number of likely N-dealkylation sites (N-methyl/N-ethyl adjacent to an activating group) is 2. The van der Waals surface area contributed by atoms with Crippen LogP contribution >= 0.6 is 0 Å². The first-order valence-corrected chi connectivity index (χ1v) is 7.89. The lowest BCUT2D eigenvalue weighted by Gasteiger charge is -2.25. The molecule has 1 aromatic carbocycles. The van der Waals surface area contributed by atoms with Gasteiger partial charge in [0.1, 0.15) is 0 Å². The molecule has 0 spiro atoms. The molecule has 0 aliphatic heterocycles. The Balaban J connectivity index is 1.75. The van der Waals surface area contributed by atoms with Crippen LogP contribution in [0, 0.1) is 6.92 Å². The minimum absolute atomic E-state index is 0.130. The fraction of sp³-hybridized carbons (Fsp3) is 0.588. The average molecular weight is 289 g/mol. The molecule has 1 aromatic rings. The molecular weight excluding hydrogens is 262 g/mol. The number of benzene rings is 1. The number of nitrogens with zero attached hydrogens (tertiary/aromatic N) is 2. The number of aryl methyl sites for hydroxylation is 1. The van der Waals surface area contributed by atoms with E-state index in [-0.39, 0.29) is 5.91 Å². The highest BCUT2D eigenvalue weighted by molar-refractivity contribution is 5.78. The molecule has 4 nitrogen and oxygen atoms in total. The van der Waals surface area contributed by atoms with Gasteiger partial charge in [-0.05, 0) is 45.4 Å². The summed E-state index contributed by atoms with van der Waals surface area (Å²) in [4.78, 5) is 16.3. The van der Waals surface area contributed by atoms with Gasteiger partial charge in [0.05, 0.1) is 6.54 Å². The molecule has 1 N–H and O–H groups in total. The number of hydrogen-bond acceptors (Lipinski definition) is 3. The van der Waals surface area contributed by atoms with Crippen molar-refractivity contribution in [1.29, 1.82) is 0 Å². The smallest absolute Gasteiger partial charge is 0.234 e. The van der Waals surface area contributed by atoms with E-state index in [0.717, 1.165) is 13.1 Å². The second kappa shape index (κ2) is 7.46. The van der Waals surface area contributed by atoms with E-state index in [2.05, 4.69) is 53.2 Å². The van der Waals surface area contributed by atoms with Crippen molar-refractivity contribution >= 4 is 11.6 Å². The van der Waals surface area contributed by atoms with Crippen molar-refractivity contribution in [3.05, 3.63) is 29.8 Å². The molecule has 0 heterocycles. The summed E-state index contributed by atoms with van der Waals surface area (Å²) in [6.07, 6.45) is 2.47. The lowest BCUT2D eigenvalue weighted by Crippen LogP contribution is -2.40. The Labute approximate surface area is 128 Å². The van der Waals surface area contributed by atoms with E-state index in [0.29, 0.717) is 19.1 Å². The van der Waals surface area contributed by atoms with Gasteiger partial charge in [0.15, 0.2) is 0 Å². The van der Waals surface area contributed by atoms with Crippen LogP contribution in [-0.4, -0.2) is 50.1 Å². The van der Waals surface area contributed by atoms with Gasteiger partial charge >= 0.3 is 0 Å². The van der Waals surface area contributed by atoms with Gasteiger partial charge in [-0.3, -0.25) is 9.69 Å². The molecule has 1 saturated carbocycles. The van der Waals surface area contributed by atoms with Gasteiger partial charge in [0.2, 0.25) is 5.91 Å². The number of carbonyl (C=O) groups excluding carboxylic acids is 1. The minimum Gasteiger partial charge on any atom is -0.370 e. The molecule has 1 aliphatic rings. The lowest BCUT2D eigenvalue weighted by molar-refractivity contribution is -0.122. The fourth-order valence-electron chi connectivity index (χ4n) is 2.62. The Kier molecular flexibility index (Phi) is 5.62. The summed E-state index contributed by atoms with van der Waals surface area (Å²) >= 11 is 0. The molecule has 0 bridgehead atoms. The Morgan fingerprint density at radius 3 is 2.67 bits per heavy atom. The van der Waals surface area contributed by atoms with Crippen molar-refractivity contribution in [2.75, 3.05) is 38.1 Å². The number of hydrogen-bond donors (Lipinski definition) is 1. The second-order valence-corrected chi connectivity index (χ2v) is 5.86. The maximum absolute atomic E-state index is 11.9. The van der Waals surface area contributed by atoms with E-state index >= 15 is 0 Å². The minimum atomic E-state index is 0.130. The Morgan fingerprint density at radius 1 is 1.33 bits per heavy atom. The summed E-state index contributed by atoms with van der Waals surface area (Å²) in [6, 6.07) is 9.02. The summed E-state index contributed by atoms with van der Waals surface area (Å²) in [5.41, 5.74) is 2.53. The molecule has 21 heavy (non-hydrogen) atoms. The molecule has 1 aliphatic carbocycles. The molecule has 0 aromatic heterocycles. The van der Waals surface area contributed by atoms with Crippen LogP contribution in [0.4, 0.5) is 5.69 Å². The van der Waals surface area contributed by atoms with E-state index in [1.807, 2.05) is 7.05 Å². The molecule has 1 amide bonds. The van der Waals surface area contributed by atoms with Gasteiger partial charge in [-0.1, -0.05) is 18.2 Å². The third kappa shape index (κ3) is 4.74. The van der Waals surface area contributed by atoms with Crippen LogP contribution in [0.2, 0.25) is 0 Å². The number of para-hydroxylation sites is 1. The molecule has 4 heteroatoms. The third-order valence-corrected chi connectivity index (χ3v) is 4.10. The maximum Gasteiger partial charge on any atom is 0.234 e. The largest absolute Gasteiger partial charge is 0.370 e. The number of rotatable bonds is 8. The van der Waals surface area contributed by atoms with Crippen LogP contribution in [0.5, 0.6) is 0 Å². The van der Waals surface area contributed by atoms with Gasteiger partial charge in [0.25, 0.3) is 0 Å². The third-order valence-electron chi connectivity index (χ3n) is 4.10. The zero-order valence-corrected chi connectivity index (χ0v) is 13.4. The monoisotopic (exact) mass is 289 g/mol. The van der Waals surface area contributed by atoms with E-state index in [9.17, 15) is 4.79 Å². The van der Waals surface area contributed by atoms with E-state index in [4.69, 9.17) is 0 Å². The van der Waals surface area contributed by atoms with Crippen molar-refractivity contribution in [2.24, 2.45) is 0 Å². The standard InChI is InChI=1S/C17H27N3O/c1-4-20(16-8-6-5-7-14(16)2)12-11-18-17(21)13-19(3)15-9-10-15/h5-8,15H,4,9-13H2,1-3H3,(H,18,21). The van der Waals surface area contributed by atoms with Crippen molar-refractivity contribution in [2.45, 2.75) is 32.7 Å². The SMILES string of the molecule is CCN(CCNC(=O)CN(C)C1CC1)c1ccccc1C. The second-order valence-electron chi connectivity index (χ2n) is 5.86. The first-order valence-electron chi connectivity index (χ1n) is 7.89. The highest BCUT2D eigenvalue weighted by Crippen LogP contribution is 2.24. The Hall–Kier alpha value is -1.55. The summed E-state index contributed by atoms with van der Waals surface area (Å²) in [5.74, 6) is 0.130. The van der Waals surface area contributed by atoms with Crippen molar-refractivity contribution < 1.29 is 4.79 Å². The number of amides is 1. The van der Waals surface area contributed by atoms with E-state index < -0.39 is 0 Å². The van der Waals surface area contributed by atoms with E-state index in [1.54, 1.807) is 0 Å². The van der Waals surface area contributed by atoms with Crippen LogP contribution < -0.4 is 10.2 Å². The Bertz CT molecular complexity index is 471. The van der Waals surface area contributed by atoms with Crippen LogP contribution in [0.1, 0.15) is 25.3 Å². The van der Waals surface area contributed by atoms with Crippen LogP contribution in [-0.2, 0) is 4.79 Å². The van der Waals surface area contributed by atoms with Crippen molar-refractivity contribution in [1.82, 2.24) is 10.2 Å². The average Bonchev–Trinajstić information content (AvgIpc) is 3.29. The van der Waals surface area contributed by atoms with Crippen LogP contribution in [0.3, 0.4) is 0 Å².